The molecule has 0 saturated carbocycles. The second-order valence-electron chi connectivity index (χ2n) is 5.49. The van der Waals surface area contributed by atoms with Crippen LogP contribution in [0.2, 0.25) is 0 Å². The van der Waals surface area contributed by atoms with Crippen LogP contribution in [0, 0.1) is 0 Å². The largest absolute Gasteiger partial charge is 0.493 e. The fraction of sp³-hybridized carbons (Fsp3) is 0.250. The predicted octanol–water partition coefficient (Wildman–Crippen LogP) is 2.68. The number of amides is 1. The maximum atomic E-state index is 12.1. The first-order valence-corrected chi connectivity index (χ1v) is 8.44. The van der Waals surface area contributed by atoms with Crippen molar-refractivity contribution in [2.45, 2.75) is 6.92 Å². The molecule has 1 N–H and O–H groups in total. The Bertz CT molecular complexity index is 846. The summed E-state index contributed by atoms with van der Waals surface area (Å²) in [6.45, 7) is 1.83. The van der Waals surface area contributed by atoms with Gasteiger partial charge in [0, 0.05) is 5.69 Å². The Morgan fingerprint density at radius 1 is 0.893 bits per heavy atom. The lowest BCUT2D eigenvalue weighted by Gasteiger charge is -2.11. The van der Waals surface area contributed by atoms with E-state index in [9.17, 15) is 14.4 Å². The van der Waals surface area contributed by atoms with Gasteiger partial charge in [-0.1, -0.05) is 0 Å². The van der Waals surface area contributed by atoms with Gasteiger partial charge in [0.05, 0.1) is 32.0 Å². The van der Waals surface area contributed by atoms with Crippen LogP contribution in [0.1, 0.15) is 27.6 Å². The minimum absolute atomic E-state index is 0.232. The van der Waals surface area contributed by atoms with E-state index in [4.69, 9.17) is 14.2 Å². The van der Waals surface area contributed by atoms with Gasteiger partial charge in [0.15, 0.2) is 18.1 Å². The minimum Gasteiger partial charge on any atom is -0.493 e. The van der Waals surface area contributed by atoms with Gasteiger partial charge >= 0.3 is 11.9 Å². The van der Waals surface area contributed by atoms with Gasteiger partial charge in [0.1, 0.15) is 0 Å². The van der Waals surface area contributed by atoms with Crippen LogP contribution in [0.5, 0.6) is 11.5 Å². The summed E-state index contributed by atoms with van der Waals surface area (Å²) in [5, 5.41) is 2.57. The molecule has 8 heteroatoms. The first-order valence-electron chi connectivity index (χ1n) is 8.44. The molecule has 148 valence electrons. The van der Waals surface area contributed by atoms with Crippen LogP contribution >= 0.6 is 0 Å². The van der Waals surface area contributed by atoms with Crippen LogP contribution in [0.25, 0.3) is 0 Å². The maximum Gasteiger partial charge on any atom is 0.338 e. The van der Waals surface area contributed by atoms with Crippen LogP contribution in [0.4, 0.5) is 5.69 Å². The average molecular weight is 387 g/mol. The summed E-state index contributed by atoms with van der Waals surface area (Å²) in [4.78, 5) is 35.5. The molecule has 0 aromatic heterocycles. The smallest absolute Gasteiger partial charge is 0.338 e. The van der Waals surface area contributed by atoms with Gasteiger partial charge < -0.3 is 24.3 Å². The fourth-order valence-electron chi connectivity index (χ4n) is 2.29. The first kappa shape index (κ1) is 20.8. The van der Waals surface area contributed by atoms with E-state index in [1.54, 1.807) is 18.2 Å². The Morgan fingerprint density at radius 3 is 2.18 bits per heavy atom. The maximum absolute atomic E-state index is 12.1. The quantitative estimate of drug-likeness (QED) is 0.695. The summed E-state index contributed by atoms with van der Waals surface area (Å²) in [7, 11) is 2.75. The van der Waals surface area contributed by atoms with E-state index in [-0.39, 0.29) is 5.56 Å². The Balaban J connectivity index is 1.91. The highest BCUT2D eigenvalue weighted by atomic mass is 16.5. The van der Waals surface area contributed by atoms with Crippen LogP contribution in [0.15, 0.2) is 42.5 Å². The van der Waals surface area contributed by atoms with E-state index in [0.29, 0.717) is 29.4 Å². The number of nitrogens with one attached hydrogen (secondary N) is 1. The number of benzene rings is 2. The monoisotopic (exact) mass is 387 g/mol. The molecular weight excluding hydrogens is 366 g/mol. The van der Waals surface area contributed by atoms with Crippen molar-refractivity contribution in [2.75, 3.05) is 32.8 Å². The Labute approximate surface area is 162 Å². The highest BCUT2D eigenvalue weighted by molar-refractivity contribution is 5.96. The van der Waals surface area contributed by atoms with Crippen molar-refractivity contribution in [3.8, 4) is 11.5 Å². The molecular formula is C20H21NO7. The summed E-state index contributed by atoms with van der Waals surface area (Å²) in [5.41, 5.74) is 1.04. The fourth-order valence-corrected chi connectivity index (χ4v) is 2.29. The number of hydrogen-bond donors (Lipinski definition) is 1. The van der Waals surface area contributed by atoms with E-state index in [2.05, 4.69) is 10.1 Å². The number of carbonyl (C=O) groups is 3. The number of carbonyl (C=O) groups excluding carboxylic acids is 3. The van der Waals surface area contributed by atoms with Gasteiger partial charge in [-0.25, -0.2) is 9.59 Å². The standard InChI is InChI=1S/C20H21NO7/c1-4-27-16-10-7-14(11-17(16)25-2)20(24)28-12-18(22)21-15-8-5-13(6-9-15)19(23)26-3/h5-11H,4,12H2,1-3H3,(H,21,22). The molecule has 0 saturated heterocycles. The molecule has 0 aliphatic rings. The number of methoxy groups -OCH3 is 2. The normalized spacial score (nSPS) is 9.96. The molecule has 0 atom stereocenters. The van der Waals surface area contributed by atoms with E-state index in [0.717, 1.165) is 0 Å². The minimum atomic E-state index is -0.669. The van der Waals surface area contributed by atoms with E-state index in [1.165, 1.54) is 38.5 Å². The second kappa shape index (κ2) is 9.96. The number of esters is 2. The zero-order valence-corrected chi connectivity index (χ0v) is 15.8. The van der Waals surface area contributed by atoms with Gasteiger partial charge in [0.2, 0.25) is 0 Å². The zero-order chi connectivity index (χ0) is 20.5. The highest BCUT2D eigenvalue weighted by Gasteiger charge is 2.14. The molecule has 0 spiro atoms. The summed E-state index contributed by atoms with van der Waals surface area (Å²) < 4.78 is 20.2. The molecule has 0 unspecified atom stereocenters. The Kier molecular flexibility index (Phi) is 7.38. The van der Waals surface area contributed by atoms with Gasteiger partial charge in [-0.05, 0) is 49.4 Å². The molecule has 0 radical (unpaired) electrons. The van der Waals surface area contributed by atoms with Crippen molar-refractivity contribution in [3.63, 3.8) is 0 Å². The average Bonchev–Trinajstić information content (AvgIpc) is 2.72. The molecule has 2 rings (SSSR count). The lowest BCUT2D eigenvalue weighted by Crippen LogP contribution is -2.21. The third kappa shape index (κ3) is 5.47. The molecule has 2 aromatic carbocycles. The zero-order valence-electron chi connectivity index (χ0n) is 15.8. The third-order valence-corrected chi connectivity index (χ3v) is 3.62. The number of ether oxygens (including phenoxy) is 4. The van der Waals surface area contributed by atoms with Crippen LogP contribution < -0.4 is 14.8 Å². The molecule has 0 aliphatic heterocycles. The lowest BCUT2D eigenvalue weighted by atomic mass is 10.2. The lowest BCUT2D eigenvalue weighted by molar-refractivity contribution is -0.119. The molecule has 2 aromatic rings. The SMILES string of the molecule is CCOc1ccc(C(=O)OCC(=O)Nc2ccc(C(=O)OC)cc2)cc1OC. The summed E-state index contributed by atoms with van der Waals surface area (Å²) >= 11 is 0. The first-order chi connectivity index (χ1) is 13.5. The predicted molar refractivity (Wildman–Crippen MR) is 101 cm³/mol. The molecule has 0 aliphatic carbocycles. The van der Waals surface area contributed by atoms with E-state index in [1.807, 2.05) is 6.92 Å². The van der Waals surface area contributed by atoms with E-state index < -0.39 is 24.5 Å². The number of hydrogen-bond acceptors (Lipinski definition) is 7. The Morgan fingerprint density at radius 2 is 1.57 bits per heavy atom. The van der Waals surface area contributed by atoms with Gasteiger partial charge in [0.25, 0.3) is 5.91 Å². The van der Waals surface area contributed by atoms with Crippen molar-refractivity contribution in [1.29, 1.82) is 0 Å². The van der Waals surface area contributed by atoms with Crippen LogP contribution in [-0.2, 0) is 14.3 Å². The topological polar surface area (TPSA) is 100 Å². The number of rotatable bonds is 8. The molecule has 0 fully saturated rings. The van der Waals surface area contributed by atoms with Crippen molar-refractivity contribution in [3.05, 3.63) is 53.6 Å². The van der Waals surface area contributed by atoms with Crippen molar-refractivity contribution < 1.29 is 33.3 Å². The van der Waals surface area contributed by atoms with Crippen LogP contribution in [0.3, 0.4) is 0 Å². The van der Waals surface area contributed by atoms with Crippen LogP contribution in [-0.4, -0.2) is 45.3 Å². The highest BCUT2D eigenvalue weighted by Crippen LogP contribution is 2.28. The van der Waals surface area contributed by atoms with Gasteiger partial charge in [-0.15, -0.1) is 0 Å². The molecule has 0 heterocycles. The van der Waals surface area contributed by atoms with E-state index >= 15 is 0 Å². The second-order valence-corrected chi connectivity index (χ2v) is 5.49. The van der Waals surface area contributed by atoms with Crippen molar-refractivity contribution >= 4 is 23.5 Å². The summed E-state index contributed by atoms with van der Waals surface area (Å²) in [6.07, 6.45) is 0. The molecule has 28 heavy (non-hydrogen) atoms. The molecule has 0 bridgehead atoms. The third-order valence-electron chi connectivity index (χ3n) is 3.62. The van der Waals surface area contributed by atoms with Gasteiger partial charge in [-0.2, -0.15) is 0 Å². The number of anilines is 1. The van der Waals surface area contributed by atoms with Crippen molar-refractivity contribution in [2.24, 2.45) is 0 Å². The summed E-state index contributed by atoms with van der Waals surface area (Å²) in [5.74, 6) is -0.756. The summed E-state index contributed by atoms with van der Waals surface area (Å²) in [6, 6.07) is 10.7. The van der Waals surface area contributed by atoms with Gasteiger partial charge in [-0.3, -0.25) is 4.79 Å². The molecule has 8 nitrogen and oxygen atoms in total. The van der Waals surface area contributed by atoms with Crippen molar-refractivity contribution in [1.82, 2.24) is 0 Å². The molecule has 1 amide bonds. The Hall–Kier alpha value is -3.55.